The number of carbonyl (C=O) groups excluding carboxylic acids is 1. The molecule has 1 N–H and O–H groups in total. The first-order valence-corrected chi connectivity index (χ1v) is 6.43. The molecule has 0 unspecified atom stereocenters. The molecule has 0 aliphatic rings. The number of nitrogens with zero attached hydrogens (tertiary/aromatic N) is 4. The van der Waals surface area contributed by atoms with Crippen LogP contribution in [0.4, 0.5) is 5.95 Å². The van der Waals surface area contributed by atoms with Crippen molar-refractivity contribution in [3.63, 3.8) is 0 Å². The summed E-state index contributed by atoms with van der Waals surface area (Å²) in [6.45, 7) is 3.76. The van der Waals surface area contributed by atoms with E-state index in [2.05, 4.69) is 15.4 Å². The molecule has 21 heavy (non-hydrogen) atoms. The number of benzene rings is 1. The standard InChI is InChI=1S/C14H15N5O2/c1-10(2)19-14(16-9-17-19)18-13(20)11-5-3-4-6-12(11)21-8-7-15/h3-6,9-10H,8H2,1-2H3,(H,16,17,18,20). The molecule has 0 fully saturated rings. The van der Waals surface area contributed by atoms with Crippen LogP contribution in [0.15, 0.2) is 30.6 Å². The minimum Gasteiger partial charge on any atom is -0.478 e. The first kappa shape index (κ1) is 14.5. The average Bonchev–Trinajstić information content (AvgIpc) is 2.93. The van der Waals surface area contributed by atoms with Crippen molar-refractivity contribution in [2.45, 2.75) is 19.9 Å². The molecule has 0 aliphatic carbocycles. The molecule has 0 spiro atoms. The Morgan fingerprint density at radius 1 is 1.48 bits per heavy atom. The summed E-state index contributed by atoms with van der Waals surface area (Å²) in [4.78, 5) is 16.3. The molecule has 7 nitrogen and oxygen atoms in total. The van der Waals surface area contributed by atoms with E-state index in [1.165, 1.54) is 6.33 Å². The molecule has 1 aromatic heterocycles. The van der Waals surface area contributed by atoms with Crippen LogP contribution in [0.1, 0.15) is 30.2 Å². The van der Waals surface area contributed by atoms with E-state index in [1.807, 2.05) is 19.9 Å². The molecule has 0 aliphatic heterocycles. The van der Waals surface area contributed by atoms with Crippen molar-refractivity contribution in [3.8, 4) is 11.8 Å². The van der Waals surface area contributed by atoms with Crippen molar-refractivity contribution in [1.82, 2.24) is 14.8 Å². The summed E-state index contributed by atoms with van der Waals surface area (Å²) in [6, 6.07) is 8.67. The van der Waals surface area contributed by atoms with Gasteiger partial charge in [-0.2, -0.15) is 15.3 Å². The fraction of sp³-hybridized carbons (Fsp3) is 0.286. The maximum atomic E-state index is 12.3. The van der Waals surface area contributed by atoms with Crippen LogP contribution in [0.25, 0.3) is 0 Å². The van der Waals surface area contributed by atoms with E-state index in [9.17, 15) is 4.79 Å². The summed E-state index contributed by atoms with van der Waals surface area (Å²) >= 11 is 0. The molecule has 1 heterocycles. The topological polar surface area (TPSA) is 92.8 Å². The Balaban J connectivity index is 2.21. The van der Waals surface area contributed by atoms with Crippen molar-refractivity contribution >= 4 is 11.9 Å². The number of nitrogens with one attached hydrogen (secondary N) is 1. The average molecular weight is 285 g/mol. The van der Waals surface area contributed by atoms with E-state index in [1.54, 1.807) is 28.9 Å². The van der Waals surface area contributed by atoms with Crippen molar-refractivity contribution < 1.29 is 9.53 Å². The van der Waals surface area contributed by atoms with Gasteiger partial charge in [0, 0.05) is 0 Å². The van der Waals surface area contributed by atoms with Crippen molar-refractivity contribution in [1.29, 1.82) is 5.26 Å². The highest BCUT2D eigenvalue weighted by molar-refractivity contribution is 6.05. The first-order valence-electron chi connectivity index (χ1n) is 6.43. The predicted molar refractivity (Wildman–Crippen MR) is 75.9 cm³/mol. The highest BCUT2D eigenvalue weighted by atomic mass is 16.5. The van der Waals surface area contributed by atoms with Crippen molar-refractivity contribution in [3.05, 3.63) is 36.2 Å². The van der Waals surface area contributed by atoms with Crippen LogP contribution in [0.3, 0.4) is 0 Å². The number of anilines is 1. The lowest BCUT2D eigenvalue weighted by Crippen LogP contribution is -2.18. The smallest absolute Gasteiger partial charge is 0.261 e. The van der Waals surface area contributed by atoms with E-state index in [0.717, 1.165) is 0 Å². The second-order valence-corrected chi connectivity index (χ2v) is 4.52. The minimum absolute atomic E-state index is 0.0767. The van der Waals surface area contributed by atoms with Gasteiger partial charge in [-0.1, -0.05) is 12.1 Å². The number of nitriles is 1. The van der Waals surface area contributed by atoms with Crippen LogP contribution in [0.2, 0.25) is 0 Å². The summed E-state index contributed by atoms with van der Waals surface area (Å²) in [5.74, 6) is 0.357. The molecule has 108 valence electrons. The van der Waals surface area contributed by atoms with Gasteiger partial charge < -0.3 is 4.74 Å². The number of para-hydroxylation sites is 1. The maximum absolute atomic E-state index is 12.3. The lowest BCUT2D eigenvalue weighted by molar-refractivity contribution is 0.102. The number of amides is 1. The number of ether oxygens (including phenoxy) is 1. The monoisotopic (exact) mass is 285 g/mol. The van der Waals surface area contributed by atoms with Gasteiger partial charge in [0.25, 0.3) is 5.91 Å². The van der Waals surface area contributed by atoms with Gasteiger partial charge in [0.15, 0.2) is 6.61 Å². The SMILES string of the molecule is CC(C)n1ncnc1NC(=O)c1ccccc1OCC#N. The molecule has 0 bridgehead atoms. The number of hydrogen-bond acceptors (Lipinski definition) is 5. The third-order valence-electron chi connectivity index (χ3n) is 2.71. The molecule has 7 heteroatoms. The lowest BCUT2D eigenvalue weighted by atomic mass is 10.2. The zero-order valence-corrected chi connectivity index (χ0v) is 11.8. The third kappa shape index (κ3) is 3.36. The van der Waals surface area contributed by atoms with E-state index in [0.29, 0.717) is 17.3 Å². The molecule has 1 aromatic carbocycles. The molecule has 2 rings (SSSR count). The predicted octanol–water partition coefficient (Wildman–Crippen LogP) is 2.01. The van der Waals surface area contributed by atoms with Crippen LogP contribution in [-0.2, 0) is 0 Å². The van der Waals surface area contributed by atoms with Crippen molar-refractivity contribution in [2.75, 3.05) is 11.9 Å². The fourth-order valence-electron chi connectivity index (χ4n) is 1.78. The normalized spacial score (nSPS) is 10.2. The molecule has 0 radical (unpaired) electrons. The number of hydrogen-bond donors (Lipinski definition) is 1. The minimum atomic E-state index is -0.363. The van der Waals surface area contributed by atoms with E-state index < -0.39 is 0 Å². The number of carbonyl (C=O) groups is 1. The number of rotatable bonds is 5. The molecule has 0 saturated heterocycles. The summed E-state index contributed by atoms with van der Waals surface area (Å²) in [5.41, 5.74) is 0.339. The lowest BCUT2D eigenvalue weighted by Gasteiger charge is -2.12. The number of aromatic nitrogens is 3. The van der Waals surface area contributed by atoms with Gasteiger partial charge in [-0.05, 0) is 26.0 Å². The summed E-state index contributed by atoms with van der Waals surface area (Å²) in [6.07, 6.45) is 1.38. The molecular weight excluding hydrogens is 270 g/mol. The Kier molecular flexibility index (Phi) is 4.51. The van der Waals surface area contributed by atoms with Crippen LogP contribution in [-0.4, -0.2) is 27.3 Å². The van der Waals surface area contributed by atoms with Crippen LogP contribution in [0, 0.1) is 11.3 Å². The van der Waals surface area contributed by atoms with Crippen LogP contribution < -0.4 is 10.1 Å². The van der Waals surface area contributed by atoms with E-state index >= 15 is 0 Å². The van der Waals surface area contributed by atoms with Gasteiger partial charge in [-0.3, -0.25) is 10.1 Å². The fourth-order valence-corrected chi connectivity index (χ4v) is 1.78. The van der Waals surface area contributed by atoms with Crippen LogP contribution in [0.5, 0.6) is 5.75 Å². The Labute approximate surface area is 122 Å². The van der Waals surface area contributed by atoms with Gasteiger partial charge in [-0.25, -0.2) is 4.68 Å². The zero-order valence-electron chi connectivity index (χ0n) is 11.8. The van der Waals surface area contributed by atoms with Gasteiger partial charge in [0.05, 0.1) is 11.6 Å². The van der Waals surface area contributed by atoms with Gasteiger partial charge in [0.2, 0.25) is 5.95 Å². The summed E-state index contributed by atoms with van der Waals surface area (Å²) in [7, 11) is 0. The molecule has 0 saturated carbocycles. The highest BCUT2D eigenvalue weighted by Gasteiger charge is 2.16. The maximum Gasteiger partial charge on any atom is 0.261 e. The van der Waals surface area contributed by atoms with E-state index in [4.69, 9.17) is 10.00 Å². The summed E-state index contributed by atoms with van der Waals surface area (Å²) in [5, 5.41) is 15.3. The van der Waals surface area contributed by atoms with Gasteiger partial charge in [0.1, 0.15) is 18.1 Å². The first-order chi connectivity index (χ1) is 10.1. The quantitative estimate of drug-likeness (QED) is 0.907. The Morgan fingerprint density at radius 3 is 2.95 bits per heavy atom. The highest BCUT2D eigenvalue weighted by Crippen LogP contribution is 2.19. The Hall–Kier alpha value is -2.88. The largest absolute Gasteiger partial charge is 0.478 e. The third-order valence-corrected chi connectivity index (χ3v) is 2.71. The molecule has 1 amide bonds. The second-order valence-electron chi connectivity index (χ2n) is 4.52. The van der Waals surface area contributed by atoms with Gasteiger partial charge >= 0.3 is 0 Å². The van der Waals surface area contributed by atoms with Gasteiger partial charge in [-0.15, -0.1) is 0 Å². The van der Waals surface area contributed by atoms with E-state index in [-0.39, 0.29) is 18.6 Å². The molecule has 0 atom stereocenters. The Morgan fingerprint density at radius 2 is 2.24 bits per heavy atom. The second kappa shape index (κ2) is 6.52. The van der Waals surface area contributed by atoms with Crippen molar-refractivity contribution in [2.24, 2.45) is 0 Å². The Bertz CT molecular complexity index is 672. The van der Waals surface area contributed by atoms with Crippen LogP contribution >= 0.6 is 0 Å². The summed E-state index contributed by atoms with van der Waals surface area (Å²) < 4.78 is 6.85. The zero-order chi connectivity index (χ0) is 15.2. The molecular formula is C14H15N5O2. The molecule has 2 aromatic rings.